The van der Waals surface area contributed by atoms with Gasteiger partial charge >= 0.3 is 12.1 Å². The number of hydrogen-bond acceptors (Lipinski definition) is 5. The summed E-state index contributed by atoms with van der Waals surface area (Å²) in [6.45, 7) is 29.1. The molecule has 0 heterocycles. The Labute approximate surface area is 295 Å². The van der Waals surface area contributed by atoms with Crippen LogP contribution in [0.4, 0.5) is 4.79 Å². The molecule has 1 amide bonds. The van der Waals surface area contributed by atoms with Gasteiger partial charge < -0.3 is 19.6 Å². The maximum atomic E-state index is 12.9. The minimum atomic E-state index is -2.13. The van der Waals surface area contributed by atoms with Gasteiger partial charge in [0.15, 0.2) is 8.32 Å². The molecule has 0 aliphatic heterocycles. The summed E-state index contributed by atoms with van der Waals surface area (Å²) in [5, 5.41) is -0.00317. The predicted octanol–water partition coefficient (Wildman–Crippen LogP) is 11.1. The topological polar surface area (TPSA) is 87.9 Å². The second-order valence-corrected chi connectivity index (χ2v) is 19.9. The van der Waals surface area contributed by atoms with Gasteiger partial charge in [-0.3, -0.25) is 0 Å². The van der Waals surface area contributed by atoms with Crippen molar-refractivity contribution in [2.45, 2.75) is 130 Å². The van der Waals surface area contributed by atoms with Crippen molar-refractivity contribution < 1.29 is 23.5 Å². The van der Waals surface area contributed by atoms with Gasteiger partial charge in [-0.15, -0.1) is 13.2 Å². The summed E-state index contributed by atoms with van der Waals surface area (Å²) in [7, 11) is -2.13. The average molecular weight is 768 g/mol. The number of hydrogen-bond donors (Lipinski definition) is 1. The lowest BCUT2D eigenvalue weighted by Crippen LogP contribution is -2.47. The summed E-state index contributed by atoms with van der Waals surface area (Å²) in [4.78, 5) is 24.5. The number of rotatable bonds is 21. The van der Waals surface area contributed by atoms with Crippen molar-refractivity contribution >= 4 is 43.0 Å². The van der Waals surface area contributed by atoms with Crippen molar-refractivity contribution in [2.24, 2.45) is 17.1 Å². The van der Waals surface area contributed by atoms with E-state index in [2.05, 4.69) is 96.5 Å². The Balaban J connectivity index is 5.63. The monoisotopic (exact) mass is 767 g/mol. The first-order chi connectivity index (χ1) is 21.3. The fraction of sp³-hybridized carbons (Fsp3) is 0.579. The van der Waals surface area contributed by atoms with Crippen LogP contribution in [-0.4, -0.2) is 38.7 Å². The van der Waals surface area contributed by atoms with Crippen molar-refractivity contribution in [3.05, 3.63) is 83.1 Å². The van der Waals surface area contributed by atoms with Gasteiger partial charge in [-0.2, -0.15) is 0 Å². The molecule has 8 heteroatoms. The molecule has 0 bridgehead atoms. The smallest absolute Gasteiger partial charge is 0.404 e. The minimum Gasteiger partial charge on any atom is -0.458 e. The molecule has 6 nitrogen and oxygen atoms in total. The molecule has 0 aliphatic rings. The Bertz CT molecular complexity index is 1130. The summed E-state index contributed by atoms with van der Waals surface area (Å²) < 4.78 is 19.9. The van der Waals surface area contributed by atoms with Crippen LogP contribution in [0.2, 0.25) is 18.1 Å². The Kier molecular flexibility index (Phi) is 20.6. The second kappa shape index (κ2) is 21.7. The fourth-order valence-corrected chi connectivity index (χ4v) is 6.33. The third-order valence-electron chi connectivity index (χ3n) is 8.42. The quantitative estimate of drug-likeness (QED) is 0.0314. The lowest BCUT2D eigenvalue weighted by Gasteiger charge is -2.40. The molecule has 0 fully saturated rings. The molecule has 0 aromatic rings. The highest BCUT2D eigenvalue weighted by atomic mass is 127. The third-order valence-corrected chi connectivity index (χ3v) is 13.2. The van der Waals surface area contributed by atoms with Crippen LogP contribution >= 0.6 is 22.6 Å². The summed E-state index contributed by atoms with van der Waals surface area (Å²) in [6.07, 6.45) is 19.8. The molecule has 260 valence electrons. The number of allylic oxidation sites excluding steroid dienone is 7. The fourth-order valence-electron chi connectivity index (χ4n) is 4.48. The Morgan fingerprint density at radius 2 is 1.63 bits per heavy atom. The molecular weight excluding hydrogens is 705 g/mol. The van der Waals surface area contributed by atoms with Gasteiger partial charge in [-0.25, -0.2) is 9.59 Å². The van der Waals surface area contributed by atoms with Crippen molar-refractivity contribution in [1.82, 2.24) is 0 Å². The van der Waals surface area contributed by atoms with E-state index < -0.39 is 26.6 Å². The number of primary amides is 1. The van der Waals surface area contributed by atoms with Gasteiger partial charge in [0.25, 0.3) is 0 Å². The molecule has 0 aromatic carbocycles. The summed E-state index contributed by atoms with van der Waals surface area (Å²) in [6, 6.07) is 0. The van der Waals surface area contributed by atoms with Crippen molar-refractivity contribution in [3.63, 3.8) is 0 Å². The van der Waals surface area contributed by atoms with Crippen LogP contribution < -0.4 is 5.73 Å². The van der Waals surface area contributed by atoms with E-state index in [1.54, 1.807) is 12.2 Å². The largest absolute Gasteiger partial charge is 0.458 e. The van der Waals surface area contributed by atoms with Crippen molar-refractivity contribution in [1.29, 1.82) is 0 Å². The first-order valence-electron chi connectivity index (χ1n) is 16.3. The lowest BCUT2D eigenvalue weighted by molar-refractivity contribution is -0.144. The number of carbonyl (C=O) groups excluding carboxylic acids is 2. The van der Waals surface area contributed by atoms with E-state index in [1.807, 2.05) is 54.4 Å². The number of halogens is 1. The normalized spacial score (nSPS) is 16.4. The van der Waals surface area contributed by atoms with Gasteiger partial charge in [-0.1, -0.05) is 124 Å². The zero-order valence-corrected chi connectivity index (χ0v) is 33.4. The van der Waals surface area contributed by atoms with Crippen LogP contribution in [0.5, 0.6) is 0 Å². The number of nitrogens with two attached hydrogens (primary N) is 1. The molecule has 0 rings (SSSR count). The molecule has 0 unspecified atom stereocenters. The third kappa shape index (κ3) is 18.8. The van der Waals surface area contributed by atoms with Crippen LogP contribution in [0.25, 0.3) is 0 Å². The first-order valence-corrected chi connectivity index (χ1v) is 20.5. The molecule has 0 saturated heterocycles. The van der Waals surface area contributed by atoms with Crippen molar-refractivity contribution in [3.8, 4) is 0 Å². The Morgan fingerprint density at radius 3 is 2.17 bits per heavy atom. The van der Waals surface area contributed by atoms with Crippen molar-refractivity contribution in [2.75, 3.05) is 0 Å². The second-order valence-electron chi connectivity index (χ2n) is 14.4. The molecule has 46 heavy (non-hydrogen) atoms. The zero-order valence-electron chi connectivity index (χ0n) is 30.2. The van der Waals surface area contributed by atoms with E-state index in [0.29, 0.717) is 19.3 Å². The molecule has 0 spiro atoms. The molecule has 0 radical (unpaired) electrons. The molecule has 0 aliphatic carbocycles. The SMILES string of the molecule is C=CCCC(C)(C)C/C=C/C(=O)O[C@H](C/C(C)=C/C=C/CC[C@H](OC(N)=O)[C@H](C=C)O[Si](C)(C)C(C)(C)C)[C@H](C)/C=C(C)/C=C/I. The van der Waals surface area contributed by atoms with Crippen LogP contribution in [-0.2, 0) is 18.7 Å². The number of ether oxygens (including phenoxy) is 2. The van der Waals surface area contributed by atoms with E-state index in [-0.39, 0.29) is 28.4 Å². The number of carbonyl (C=O) groups is 2. The van der Waals surface area contributed by atoms with Crippen LogP contribution in [0.15, 0.2) is 83.1 Å². The first kappa shape index (κ1) is 43.8. The number of esters is 1. The van der Waals surface area contributed by atoms with E-state index in [4.69, 9.17) is 19.6 Å². The van der Waals surface area contributed by atoms with Gasteiger partial charge in [-0.05, 0) is 73.6 Å². The standard InChI is InChI=1S/C38H62INO5Si/c1-13-15-24-38(9,10)25-19-22-35(41)43-34(31(5)27-30(4)23-26-39)28-29(3)20-17-16-18-21-33(44-36(40)42)32(14-2)45-46(11,12)37(6,7)8/h13-14,16-17,19-20,22-23,26-27,31-34H,1-2,15,18,21,24-25,28H2,3-12H3,(H2,40,42)/b17-16+,22-19+,26-23+,29-20+,30-27+/t31-,32+,33+,34-/m1/s1. The Morgan fingerprint density at radius 1 is 0.978 bits per heavy atom. The van der Waals surface area contributed by atoms with Gasteiger partial charge in [0.1, 0.15) is 18.3 Å². The Hall–Kier alpha value is -2.17. The average Bonchev–Trinajstić information content (AvgIpc) is 2.92. The number of amides is 1. The summed E-state index contributed by atoms with van der Waals surface area (Å²) in [5.74, 6) is -0.308. The molecule has 0 aromatic heterocycles. The van der Waals surface area contributed by atoms with E-state index >= 15 is 0 Å². The molecule has 2 N–H and O–H groups in total. The maximum Gasteiger partial charge on any atom is 0.404 e. The van der Waals surface area contributed by atoms with Crippen LogP contribution in [0.3, 0.4) is 0 Å². The highest BCUT2D eigenvalue weighted by Gasteiger charge is 2.40. The van der Waals surface area contributed by atoms with E-state index in [1.165, 1.54) is 0 Å². The van der Waals surface area contributed by atoms with E-state index in [9.17, 15) is 9.59 Å². The van der Waals surface area contributed by atoms with Gasteiger partial charge in [0.05, 0.1) is 0 Å². The minimum absolute atomic E-state index is 0.00317. The van der Waals surface area contributed by atoms with Crippen LogP contribution in [0.1, 0.15) is 93.9 Å². The van der Waals surface area contributed by atoms with Gasteiger partial charge in [0, 0.05) is 18.4 Å². The van der Waals surface area contributed by atoms with E-state index in [0.717, 1.165) is 30.4 Å². The molecule has 4 atom stereocenters. The highest BCUT2D eigenvalue weighted by molar-refractivity contribution is 14.1. The summed E-state index contributed by atoms with van der Waals surface area (Å²) in [5.41, 5.74) is 7.69. The maximum absolute atomic E-state index is 12.9. The van der Waals surface area contributed by atoms with Gasteiger partial charge in [0.2, 0.25) is 0 Å². The predicted molar refractivity (Wildman–Crippen MR) is 206 cm³/mol. The lowest BCUT2D eigenvalue weighted by atomic mass is 9.84. The zero-order chi connectivity index (χ0) is 35.6. The highest BCUT2D eigenvalue weighted by Crippen LogP contribution is 2.38. The molecule has 0 saturated carbocycles. The molecular formula is C38H62INO5Si. The summed E-state index contributed by atoms with van der Waals surface area (Å²) >= 11 is 2.20. The van der Waals surface area contributed by atoms with Crippen LogP contribution in [0, 0.1) is 11.3 Å².